The van der Waals surface area contributed by atoms with Gasteiger partial charge in [-0.1, -0.05) is 18.2 Å². The van der Waals surface area contributed by atoms with Crippen LogP contribution in [0, 0.1) is 10.6 Å². The average Bonchev–Trinajstić information content (AvgIpc) is 3.10. The zero-order valence-electron chi connectivity index (χ0n) is 16.4. The first-order valence-electron chi connectivity index (χ1n) is 9.61. The first-order valence-corrected chi connectivity index (χ1v) is 10.0. The minimum absolute atomic E-state index is 0.234. The molecular weight excluding hydrogens is 389 g/mol. The highest BCUT2D eigenvalue weighted by atomic mass is 32.1. The van der Waals surface area contributed by atoms with Crippen molar-refractivity contribution in [3.05, 3.63) is 71.0 Å². The van der Waals surface area contributed by atoms with Crippen molar-refractivity contribution in [2.24, 2.45) is 0 Å². The summed E-state index contributed by atoms with van der Waals surface area (Å²) in [5.74, 6) is 0.495. The maximum Gasteiger partial charge on any atom is 0.203 e. The predicted octanol–water partition coefficient (Wildman–Crippen LogP) is 3.33. The second kappa shape index (κ2) is 8.86. The topological polar surface area (TPSA) is 38.5 Å². The number of hydrogen-bond acceptors (Lipinski definition) is 5. The molecule has 0 atom stereocenters. The molecule has 2 aromatic carbocycles. The van der Waals surface area contributed by atoms with Gasteiger partial charge < -0.3 is 4.74 Å². The van der Waals surface area contributed by atoms with E-state index in [1.807, 2.05) is 39.6 Å². The Balaban J connectivity index is 1.36. The van der Waals surface area contributed by atoms with Crippen molar-refractivity contribution in [3.63, 3.8) is 0 Å². The van der Waals surface area contributed by atoms with Crippen LogP contribution < -0.4 is 4.74 Å². The first-order chi connectivity index (χ1) is 14.1. The van der Waals surface area contributed by atoms with Crippen molar-refractivity contribution in [2.75, 3.05) is 33.3 Å². The van der Waals surface area contributed by atoms with Crippen LogP contribution in [0.5, 0.6) is 5.75 Å². The Labute approximate surface area is 174 Å². The van der Waals surface area contributed by atoms with E-state index in [-0.39, 0.29) is 5.82 Å². The van der Waals surface area contributed by atoms with Crippen LogP contribution in [0.2, 0.25) is 0 Å². The summed E-state index contributed by atoms with van der Waals surface area (Å²) in [6.07, 6.45) is 1.77. The average molecular weight is 414 g/mol. The maximum absolute atomic E-state index is 13.6. The predicted molar refractivity (Wildman–Crippen MR) is 112 cm³/mol. The monoisotopic (exact) mass is 413 g/mol. The Morgan fingerprint density at radius 2 is 1.76 bits per heavy atom. The molecule has 1 fully saturated rings. The van der Waals surface area contributed by atoms with E-state index >= 15 is 0 Å². The summed E-state index contributed by atoms with van der Waals surface area (Å²) in [7, 11) is 1.62. The van der Waals surface area contributed by atoms with Crippen molar-refractivity contribution in [2.45, 2.75) is 13.2 Å². The van der Waals surface area contributed by atoms with Gasteiger partial charge in [-0.05, 0) is 42.5 Å². The molecular formula is C21H24FN5OS. The summed E-state index contributed by atoms with van der Waals surface area (Å²) in [5, 5.41) is 4.47. The molecule has 0 bridgehead atoms. The minimum Gasteiger partial charge on any atom is -0.496 e. The van der Waals surface area contributed by atoms with E-state index in [0.717, 1.165) is 43.2 Å². The highest BCUT2D eigenvalue weighted by Gasteiger charge is 2.19. The molecule has 4 rings (SSSR count). The second-order valence-corrected chi connectivity index (χ2v) is 7.48. The summed E-state index contributed by atoms with van der Waals surface area (Å²) < 4.78 is 23.4. The quantitative estimate of drug-likeness (QED) is 0.580. The van der Waals surface area contributed by atoms with E-state index in [4.69, 9.17) is 17.0 Å². The third-order valence-electron chi connectivity index (χ3n) is 5.20. The number of rotatable bonds is 6. The number of aromatic nitrogens is 3. The van der Waals surface area contributed by atoms with E-state index in [9.17, 15) is 4.39 Å². The molecule has 6 nitrogen and oxygen atoms in total. The maximum atomic E-state index is 13.6. The number of methoxy groups -OCH3 is 1. The van der Waals surface area contributed by atoms with E-state index in [2.05, 4.69) is 14.9 Å². The van der Waals surface area contributed by atoms with Crippen LogP contribution in [0.3, 0.4) is 0 Å². The normalized spacial score (nSPS) is 15.5. The third kappa shape index (κ3) is 4.55. The second-order valence-electron chi connectivity index (χ2n) is 7.11. The number of piperazine rings is 1. The fourth-order valence-corrected chi connectivity index (χ4v) is 3.85. The molecule has 29 heavy (non-hydrogen) atoms. The van der Waals surface area contributed by atoms with E-state index in [1.54, 1.807) is 25.6 Å². The van der Waals surface area contributed by atoms with Crippen LogP contribution in [-0.2, 0) is 13.2 Å². The van der Waals surface area contributed by atoms with Crippen LogP contribution >= 0.6 is 12.2 Å². The smallest absolute Gasteiger partial charge is 0.203 e. The third-order valence-corrected chi connectivity index (χ3v) is 5.61. The highest BCUT2D eigenvalue weighted by Crippen LogP contribution is 2.21. The lowest BCUT2D eigenvalue weighted by Gasteiger charge is -2.34. The van der Waals surface area contributed by atoms with Crippen molar-refractivity contribution in [1.29, 1.82) is 0 Å². The van der Waals surface area contributed by atoms with E-state index in [0.29, 0.717) is 18.0 Å². The molecule has 8 heteroatoms. The molecule has 0 amide bonds. The molecule has 1 aromatic heterocycles. The standard InChI is InChI=1S/C21H24FN5OS/c1-28-20-8-7-18(22)13-17(20)14-24-9-11-25(12-10-24)16-27-21(29)26(15-23-27)19-5-3-2-4-6-19/h2-8,13,15H,9-12,14,16H2,1H3. The van der Waals surface area contributed by atoms with Gasteiger partial charge in [0.25, 0.3) is 0 Å². The van der Waals surface area contributed by atoms with Crippen LogP contribution in [0.1, 0.15) is 5.56 Å². The Morgan fingerprint density at radius 3 is 2.48 bits per heavy atom. The Morgan fingerprint density at radius 1 is 1.03 bits per heavy atom. The summed E-state index contributed by atoms with van der Waals surface area (Å²) in [6.45, 7) is 4.93. The summed E-state index contributed by atoms with van der Waals surface area (Å²) in [6, 6.07) is 14.7. The molecule has 0 saturated carbocycles. The van der Waals surface area contributed by atoms with Crippen molar-refractivity contribution < 1.29 is 9.13 Å². The molecule has 1 saturated heterocycles. The van der Waals surface area contributed by atoms with Gasteiger partial charge in [0, 0.05) is 44.0 Å². The van der Waals surface area contributed by atoms with E-state index < -0.39 is 0 Å². The van der Waals surface area contributed by atoms with Gasteiger partial charge in [-0.3, -0.25) is 14.4 Å². The zero-order valence-corrected chi connectivity index (χ0v) is 17.2. The molecule has 0 N–H and O–H groups in total. The summed E-state index contributed by atoms with van der Waals surface area (Å²) in [5.41, 5.74) is 1.89. The Kier molecular flexibility index (Phi) is 6.03. The number of ether oxygens (including phenoxy) is 1. The van der Waals surface area contributed by atoms with Crippen LogP contribution in [-0.4, -0.2) is 57.4 Å². The number of para-hydroxylation sites is 1. The highest BCUT2D eigenvalue weighted by molar-refractivity contribution is 7.71. The van der Waals surface area contributed by atoms with Gasteiger partial charge in [-0.15, -0.1) is 0 Å². The minimum atomic E-state index is -0.234. The summed E-state index contributed by atoms with van der Waals surface area (Å²) >= 11 is 5.60. The molecule has 3 aromatic rings. The number of halogens is 1. The van der Waals surface area contributed by atoms with Gasteiger partial charge >= 0.3 is 0 Å². The van der Waals surface area contributed by atoms with Crippen molar-refractivity contribution in [3.8, 4) is 11.4 Å². The Hall–Kier alpha value is -2.55. The molecule has 2 heterocycles. The van der Waals surface area contributed by atoms with Gasteiger partial charge in [-0.25, -0.2) is 9.07 Å². The molecule has 0 unspecified atom stereocenters. The molecule has 0 aliphatic carbocycles. The van der Waals surface area contributed by atoms with Gasteiger partial charge in [-0.2, -0.15) is 5.10 Å². The fourth-order valence-electron chi connectivity index (χ4n) is 3.59. The first kappa shape index (κ1) is 19.8. The molecule has 152 valence electrons. The largest absolute Gasteiger partial charge is 0.496 e. The molecule has 1 aliphatic heterocycles. The van der Waals surface area contributed by atoms with Crippen molar-refractivity contribution >= 4 is 12.2 Å². The van der Waals surface area contributed by atoms with Gasteiger partial charge in [0.05, 0.1) is 13.8 Å². The zero-order chi connectivity index (χ0) is 20.2. The van der Waals surface area contributed by atoms with Gasteiger partial charge in [0.2, 0.25) is 4.77 Å². The lowest BCUT2D eigenvalue weighted by atomic mass is 10.1. The van der Waals surface area contributed by atoms with Crippen LogP contribution in [0.25, 0.3) is 5.69 Å². The lowest BCUT2D eigenvalue weighted by molar-refractivity contribution is 0.0975. The van der Waals surface area contributed by atoms with Gasteiger partial charge in [0.15, 0.2) is 0 Å². The summed E-state index contributed by atoms with van der Waals surface area (Å²) in [4.78, 5) is 4.65. The number of nitrogens with zero attached hydrogens (tertiary/aromatic N) is 5. The fraction of sp³-hybridized carbons (Fsp3) is 0.333. The van der Waals surface area contributed by atoms with Crippen molar-refractivity contribution in [1.82, 2.24) is 24.1 Å². The number of benzene rings is 2. The molecule has 0 radical (unpaired) electrons. The molecule has 0 spiro atoms. The number of hydrogen-bond donors (Lipinski definition) is 0. The SMILES string of the molecule is COc1ccc(F)cc1CN1CCN(Cn2ncn(-c3ccccc3)c2=S)CC1. The van der Waals surface area contributed by atoms with Crippen LogP contribution in [0.15, 0.2) is 54.9 Å². The van der Waals surface area contributed by atoms with E-state index in [1.165, 1.54) is 6.07 Å². The van der Waals surface area contributed by atoms with Gasteiger partial charge in [0.1, 0.15) is 17.9 Å². The van der Waals surface area contributed by atoms with Crippen LogP contribution in [0.4, 0.5) is 4.39 Å². The molecule has 1 aliphatic rings. The lowest BCUT2D eigenvalue weighted by Crippen LogP contribution is -2.46. The Bertz CT molecular complexity index is 1010.